The summed E-state index contributed by atoms with van der Waals surface area (Å²) in [4.78, 5) is 16.1. The number of benzene rings is 2. The van der Waals surface area contributed by atoms with Crippen LogP contribution in [-0.4, -0.2) is 26.0 Å². The largest absolute Gasteiger partial charge is 0.497 e. The molecule has 2 aromatic carbocycles. The van der Waals surface area contributed by atoms with Gasteiger partial charge in [0.15, 0.2) is 0 Å². The Morgan fingerprint density at radius 1 is 1.07 bits per heavy atom. The topological polar surface area (TPSA) is 85.9 Å². The summed E-state index contributed by atoms with van der Waals surface area (Å²) in [5.41, 5.74) is 7.83. The van der Waals surface area contributed by atoms with E-state index in [4.69, 9.17) is 15.2 Å². The number of hydrogen-bond acceptors (Lipinski definition) is 5. The van der Waals surface area contributed by atoms with Crippen LogP contribution in [0.3, 0.4) is 0 Å². The smallest absolute Gasteiger partial charge is 0.354 e. The molecule has 0 bridgehead atoms. The second kappa shape index (κ2) is 12.9. The summed E-state index contributed by atoms with van der Waals surface area (Å²) in [6.45, 7) is 4.67. The average molecular weight is 401 g/mol. The Bertz CT molecular complexity index is 816. The number of carbonyl (C=O) groups excluding carboxylic acids is 1. The van der Waals surface area contributed by atoms with Crippen LogP contribution in [0.5, 0.6) is 5.75 Å². The molecular formula is C22H28FN3O3. The molecule has 0 aliphatic carbocycles. The van der Waals surface area contributed by atoms with Crippen molar-refractivity contribution in [3.8, 4) is 5.75 Å². The van der Waals surface area contributed by atoms with Crippen LogP contribution < -0.4 is 15.8 Å². The van der Waals surface area contributed by atoms with E-state index in [1.807, 2.05) is 38.1 Å². The molecule has 7 heteroatoms. The first-order chi connectivity index (χ1) is 14.0. The maximum Gasteiger partial charge on any atom is 0.354 e. The second-order valence-corrected chi connectivity index (χ2v) is 5.62. The van der Waals surface area contributed by atoms with Gasteiger partial charge in [-0.3, -0.25) is 4.99 Å². The summed E-state index contributed by atoms with van der Waals surface area (Å²) in [6.07, 6.45) is 1.42. The maximum atomic E-state index is 12.9. The molecule has 0 aliphatic rings. The van der Waals surface area contributed by atoms with Crippen molar-refractivity contribution in [1.29, 1.82) is 0 Å². The van der Waals surface area contributed by atoms with Crippen LogP contribution in [-0.2, 0) is 22.6 Å². The van der Waals surface area contributed by atoms with Crippen molar-refractivity contribution in [3.63, 3.8) is 0 Å². The van der Waals surface area contributed by atoms with Crippen molar-refractivity contribution in [2.24, 2.45) is 10.7 Å². The van der Waals surface area contributed by atoms with Gasteiger partial charge >= 0.3 is 5.97 Å². The SMILES string of the molecule is CC.COC(=O)/C(=C/C(N)=NCc1ccc(F)cc1)NCc1ccc(OC)cc1. The molecule has 0 saturated carbocycles. The van der Waals surface area contributed by atoms with Crippen molar-refractivity contribution in [2.75, 3.05) is 14.2 Å². The van der Waals surface area contributed by atoms with Crippen molar-refractivity contribution >= 4 is 11.8 Å². The van der Waals surface area contributed by atoms with Crippen LogP contribution in [0.25, 0.3) is 0 Å². The van der Waals surface area contributed by atoms with E-state index >= 15 is 0 Å². The molecule has 0 amide bonds. The second-order valence-electron chi connectivity index (χ2n) is 5.62. The van der Waals surface area contributed by atoms with Gasteiger partial charge < -0.3 is 20.5 Å². The van der Waals surface area contributed by atoms with Gasteiger partial charge in [0.2, 0.25) is 0 Å². The molecule has 0 saturated heterocycles. The van der Waals surface area contributed by atoms with E-state index in [1.165, 1.54) is 25.3 Å². The normalized spacial score (nSPS) is 11.2. The molecule has 2 aromatic rings. The van der Waals surface area contributed by atoms with Gasteiger partial charge in [-0.1, -0.05) is 38.1 Å². The Labute approximate surface area is 171 Å². The summed E-state index contributed by atoms with van der Waals surface area (Å²) < 4.78 is 22.8. The van der Waals surface area contributed by atoms with Crippen molar-refractivity contribution in [1.82, 2.24) is 5.32 Å². The number of amidine groups is 1. The molecule has 0 spiro atoms. The maximum absolute atomic E-state index is 12.9. The molecule has 156 valence electrons. The van der Waals surface area contributed by atoms with Crippen molar-refractivity contribution in [3.05, 3.63) is 77.2 Å². The Morgan fingerprint density at radius 3 is 2.21 bits per heavy atom. The quantitative estimate of drug-likeness (QED) is 0.306. The van der Waals surface area contributed by atoms with E-state index in [0.717, 1.165) is 16.9 Å². The molecule has 3 N–H and O–H groups in total. The number of nitrogens with zero attached hydrogens (tertiary/aromatic N) is 1. The minimum absolute atomic E-state index is 0.155. The first kappa shape index (κ1) is 23.7. The molecule has 0 fully saturated rings. The lowest BCUT2D eigenvalue weighted by molar-refractivity contribution is -0.136. The number of hydrogen-bond donors (Lipinski definition) is 2. The Kier molecular flexibility index (Phi) is 10.6. The number of ether oxygens (including phenoxy) is 2. The highest BCUT2D eigenvalue weighted by Crippen LogP contribution is 2.11. The van der Waals surface area contributed by atoms with Gasteiger partial charge in [-0.05, 0) is 35.4 Å². The summed E-state index contributed by atoms with van der Waals surface area (Å²) >= 11 is 0. The number of methoxy groups -OCH3 is 2. The van der Waals surface area contributed by atoms with E-state index in [-0.39, 0.29) is 23.9 Å². The summed E-state index contributed by atoms with van der Waals surface area (Å²) in [5.74, 6) is 0.0383. The number of aliphatic imine (C=N–C) groups is 1. The van der Waals surface area contributed by atoms with Crippen LogP contribution >= 0.6 is 0 Å². The van der Waals surface area contributed by atoms with E-state index in [1.54, 1.807) is 19.2 Å². The van der Waals surface area contributed by atoms with Crippen LogP contribution in [0.1, 0.15) is 25.0 Å². The van der Waals surface area contributed by atoms with Gasteiger partial charge in [0, 0.05) is 12.6 Å². The Hall–Kier alpha value is -3.35. The molecule has 29 heavy (non-hydrogen) atoms. The zero-order valence-corrected chi connectivity index (χ0v) is 17.2. The van der Waals surface area contributed by atoms with Gasteiger partial charge in [-0.15, -0.1) is 0 Å². The van der Waals surface area contributed by atoms with E-state index in [0.29, 0.717) is 6.54 Å². The number of carbonyl (C=O) groups is 1. The summed E-state index contributed by atoms with van der Waals surface area (Å²) in [7, 11) is 2.89. The zero-order chi connectivity index (χ0) is 21.6. The minimum Gasteiger partial charge on any atom is -0.497 e. The van der Waals surface area contributed by atoms with Crippen molar-refractivity contribution in [2.45, 2.75) is 26.9 Å². The fourth-order valence-electron chi connectivity index (χ4n) is 2.20. The highest BCUT2D eigenvalue weighted by atomic mass is 19.1. The third kappa shape index (κ3) is 8.47. The van der Waals surface area contributed by atoms with Gasteiger partial charge in [0.05, 0.1) is 20.8 Å². The van der Waals surface area contributed by atoms with E-state index in [2.05, 4.69) is 10.3 Å². The lowest BCUT2D eigenvalue weighted by Gasteiger charge is -2.10. The van der Waals surface area contributed by atoms with E-state index in [9.17, 15) is 9.18 Å². The molecule has 0 unspecified atom stereocenters. The molecule has 0 radical (unpaired) electrons. The summed E-state index contributed by atoms with van der Waals surface area (Å²) in [6, 6.07) is 13.4. The molecule has 2 rings (SSSR count). The first-order valence-electron chi connectivity index (χ1n) is 9.23. The lowest BCUT2D eigenvalue weighted by Crippen LogP contribution is -2.24. The first-order valence-corrected chi connectivity index (χ1v) is 9.23. The molecular weight excluding hydrogens is 373 g/mol. The third-order valence-electron chi connectivity index (χ3n) is 3.70. The lowest BCUT2D eigenvalue weighted by atomic mass is 10.2. The predicted molar refractivity (Wildman–Crippen MR) is 113 cm³/mol. The van der Waals surface area contributed by atoms with Crippen LogP contribution in [0.15, 0.2) is 65.3 Å². The number of nitrogens with one attached hydrogen (secondary N) is 1. The highest BCUT2D eigenvalue weighted by Gasteiger charge is 2.10. The molecule has 6 nitrogen and oxygen atoms in total. The Balaban J connectivity index is 0.00000204. The van der Waals surface area contributed by atoms with Crippen molar-refractivity contribution < 1.29 is 18.7 Å². The molecule has 0 aromatic heterocycles. The monoisotopic (exact) mass is 401 g/mol. The van der Waals surface area contributed by atoms with Gasteiger partial charge in [0.1, 0.15) is 23.1 Å². The number of rotatable bonds is 8. The van der Waals surface area contributed by atoms with Gasteiger partial charge in [0.25, 0.3) is 0 Å². The standard InChI is InChI=1S/C20H22FN3O3.C2H6/c1-26-17-9-5-15(6-10-17)12-23-18(20(25)27-2)11-19(22)24-13-14-3-7-16(21)8-4-14;1-2/h3-11,23H,12-13H2,1-2H3,(H2,22,24);1-2H3/b18-11-;. The highest BCUT2D eigenvalue weighted by molar-refractivity contribution is 5.99. The molecule has 0 heterocycles. The average Bonchev–Trinajstić information content (AvgIpc) is 2.77. The van der Waals surface area contributed by atoms with Gasteiger partial charge in [-0.2, -0.15) is 0 Å². The predicted octanol–water partition coefficient (Wildman–Crippen LogP) is 3.56. The number of nitrogens with two attached hydrogens (primary N) is 1. The van der Waals surface area contributed by atoms with Crippen LogP contribution in [0.4, 0.5) is 4.39 Å². The minimum atomic E-state index is -0.552. The fraction of sp³-hybridized carbons (Fsp3) is 0.273. The molecule has 0 aliphatic heterocycles. The van der Waals surface area contributed by atoms with Crippen LogP contribution in [0.2, 0.25) is 0 Å². The molecule has 0 atom stereocenters. The number of halogens is 1. The van der Waals surface area contributed by atoms with Gasteiger partial charge in [-0.25, -0.2) is 9.18 Å². The van der Waals surface area contributed by atoms with E-state index < -0.39 is 5.97 Å². The number of esters is 1. The third-order valence-corrected chi connectivity index (χ3v) is 3.70. The zero-order valence-electron chi connectivity index (χ0n) is 17.2. The van der Waals surface area contributed by atoms with Crippen LogP contribution in [0, 0.1) is 5.82 Å². The Morgan fingerprint density at radius 2 is 1.66 bits per heavy atom. The summed E-state index contributed by atoms with van der Waals surface area (Å²) in [5, 5.41) is 3.00. The fourth-order valence-corrected chi connectivity index (χ4v) is 2.20.